The number of halogens is 3. The number of guanidine groups is 1. The molecule has 1 aromatic rings. The molecule has 5 nitrogen and oxygen atoms in total. The molecule has 3 N–H and O–H groups in total. The summed E-state index contributed by atoms with van der Waals surface area (Å²) in [5.41, 5.74) is 3.57. The number of benzene rings is 1. The number of nitrogens with zero attached hydrogens (tertiary/aromatic N) is 2. The van der Waals surface area contributed by atoms with E-state index < -0.39 is 6.43 Å². The molecule has 0 unspecified atom stereocenters. The summed E-state index contributed by atoms with van der Waals surface area (Å²) < 4.78 is 25.0. The van der Waals surface area contributed by atoms with Crippen LogP contribution in [0.3, 0.4) is 0 Å². The summed E-state index contributed by atoms with van der Waals surface area (Å²) in [6.07, 6.45) is 3.82. The zero-order valence-electron chi connectivity index (χ0n) is 16.4. The summed E-state index contributed by atoms with van der Waals surface area (Å²) in [6, 6.07) is 4.05. The van der Waals surface area contributed by atoms with Crippen LogP contribution in [0, 0.1) is 0 Å². The quantitative estimate of drug-likeness (QED) is 0.325. The summed E-state index contributed by atoms with van der Waals surface area (Å²) in [6.45, 7) is 1.73. The second kappa shape index (κ2) is 11.1. The number of phenols is 1. The molecule has 0 aromatic heterocycles. The Kier molecular flexibility index (Phi) is 9.20. The smallest absolute Gasteiger partial charge is 0.251 e. The molecule has 1 heterocycles. The largest absolute Gasteiger partial charge is 0.508 e. The third-order valence-corrected chi connectivity index (χ3v) is 5.61. The molecule has 0 radical (unpaired) electrons. The van der Waals surface area contributed by atoms with Crippen LogP contribution in [-0.2, 0) is 19.4 Å². The van der Waals surface area contributed by atoms with E-state index in [1.807, 2.05) is 11.0 Å². The van der Waals surface area contributed by atoms with E-state index in [4.69, 9.17) is 0 Å². The zero-order chi connectivity index (χ0) is 19.2. The van der Waals surface area contributed by atoms with Crippen LogP contribution < -0.4 is 10.6 Å². The standard InChI is InChI=1S/C20H30F2N4O.HI/c1-23-20(25-15-8-10-26(11-9-15)13-19(21)22)24-12-17-16-5-3-2-4-14(16)6-7-18(17)27;/h6-7,15,19,27H,2-5,8-13H2,1H3,(H2,23,24,25);1H. The molecule has 1 saturated heterocycles. The molecule has 28 heavy (non-hydrogen) atoms. The average molecular weight is 508 g/mol. The minimum absolute atomic E-state index is 0. The second-order valence-corrected chi connectivity index (χ2v) is 7.44. The van der Waals surface area contributed by atoms with Crippen LogP contribution in [0.15, 0.2) is 17.1 Å². The monoisotopic (exact) mass is 508 g/mol. The first-order valence-corrected chi connectivity index (χ1v) is 9.87. The molecule has 3 rings (SSSR count). The molecular formula is C20H31F2IN4O. The molecule has 1 aliphatic carbocycles. The van der Waals surface area contributed by atoms with Crippen molar-refractivity contribution in [2.24, 2.45) is 4.99 Å². The summed E-state index contributed by atoms with van der Waals surface area (Å²) >= 11 is 0. The van der Waals surface area contributed by atoms with Crippen molar-refractivity contribution in [1.82, 2.24) is 15.5 Å². The number of rotatable bonds is 5. The van der Waals surface area contributed by atoms with E-state index in [1.54, 1.807) is 13.1 Å². The second-order valence-electron chi connectivity index (χ2n) is 7.44. The lowest BCUT2D eigenvalue weighted by Gasteiger charge is -2.32. The van der Waals surface area contributed by atoms with Crippen molar-refractivity contribution in [2.75, 3.05) is 26.7 Å². The highest BCUT2D eigenvalue weighted by Gasteiger charge is 2.22. The highest BCUT2D eigenvalue weighted by molar-refractivity contribution is 14.0. The number of nitrogens with one attached hydrogen (secondary N) is 2. The molecule has 0 saturated carbocycles. The third kappa shape index (κ3) is 6.17. The van der Waals surface area contributed by atoms with Gasteiger partial charge in [-0.25, -0.2) is 8.78 Å². The van der Waals surface area contributed by atoms with Gasteiger partial charge in [-0.05, 0) is 55.7 Å². The molecule has 0 spiro atoms. The van der Waals surface area contributed by atoms with E-state index in [-0.39, 0.29) is 36.6 Å². The number of alkyl halides is 2. The molecule has 0 amide bonds. The fourth-order valence-corrected chi connectivity index (χ4v) is 4.10. The van der Waals surface area contributed by atoms with Gasteiger partial charge in [0.2, 0.25) is 0 Å². The molecule has 1 fully saturated rings. The maximum atomic E-state index is 12.5. The zero-order valence-corrected chi connectivity index (χ0v) is 18.7. The molecule has 8 heteroatoms. The number of aromatic hydroxyl groups is 1. The van der Waals surface area contributed by atoms with Gasteiger partial charge in [0.05, 0.1) is 6.54 Å². The first-order chi connectivity index (χ1) is 13.1. The first kappa shape index (κ1) is 23.1. The summed E-state index contributed by atoms with van der Waals surface area (Å²) in [5, 5.41) is 17.0. The molecule has 1 aromatic carbocycles. The summed E-state index contributed by atoms with van der Waals surface area (Å²) in [7, 11) is 1.72. The Balaban J connectivity index is 0.00000280. The molecule has 1 aliphatic heterocycles. The van der Waals surface area contributed by atoms with E-state index in [2.05, 4.69) is 15.6 Å². The predicted molar refractivity (Wildman–Crippen MR) is 119 cm³/mol. The van der Waals surface area contributed by atoms with Gasteiger partial charge in [-0.15, -0.1) is 24.0 Å². The van der Waals surface area contributed by atoms with Gasteiger partial charge in [-0.2, -0.15) is 0 Å². The lowest BCUT2D eigenvalue weighted by Crippen LogP contribution is -2.49. The number of piperidine rings is 1. The molecular weight excluding hydrogens is 477 g/mol. The number of likely N-dealkylation sites (tertiary alicyclic amines) is 1. The maximum absolute atomic E-state index is 12.5. The topological polar surface area (TPSA) is 59.9 Å². The highest BCUT2D eigenvalue weighted by Crippen LogP contribution is 2.30. The fourth-order valence-electron chi connectivity index (χ4n) is 4.10. The number of aliphatic imine (C=N–C) groups is 1. The number of hydrogen-bond acceptors (Lipinski definition) is 3. The van der Waals surface area contributed by atoms with Crippen LogP contribution in [0.4, 0.5) is 8.78 Å². The lowest BCUT2D eigenvalue weighted by molar-refractivity contribution is 0.0744. The Bertz CT molecular complexity index is 664. The Morgan fingerprint density at radius 1 is 1.25 bits per heavy atom. The SMILES string of the molecule is CN=C(NCc1c(O)ccc2c1CCCC2)NC1CCN(CC(F)F)CC1.I. The average Bonchev–Trinajstić information content (AvgIpc) is 2.67. The van der Waals surface area contributed by atoms with E-state index in [1.165, 1.54) is 17.5 Å². The normalized spacial score (nSPS) is 18.5. The van der Waals surface area contributed by atoms with E-state index in [0.29, 0.717) is 31.3 Å². The van der Waals surface area contributed by atoms with Gasteiger partial charge in [-0.3, -0.25) is 9.89 Å². The van der Waals surface area contributed by atoms with Crippen LogP contribution in [-0.4, -0.2) is 55.1 Å². The number of hydrogen-bond donors (Lipinski definition) is 3. The number of aryl methyl sites for hydroxylation is 1. The van der Waals surface area contributed by atoms with Crippen molar-refractivity contribution in [2.45, 2.75) is 57.5 Å². The fraction of sp³-hybridized carbons (Fsp3) is 0.650. The van der Waals surface area contributed by atoms with Crippen molar-refractivity contribution in [3.8, 4) is 5.75 Å². The third-order valence-electron chi connectivity index (χ3n) is 5.61. The molecule has 0 bridgehead atoms. The molecule has 0 atom stereocenters. The van der Waals surface area contributed by atoms with E-state index >= 15 is 0 Å². The van der Waals surface area contributed by atoms with Crippen molar-refractivity contribution in [1.29, 1.82) is 0 Å². The summed E-state index contributed by atoms with van der Waals surface area (Å²) in [5.74, 6) is 1.02. The van der Waals surface area contributed by atoms with E-state index in [0.717, 1.165) is 37.7 Å². The predicted octanol–water partition coefficient (Wildman–Crippen LogP) is 3.28. The Morgan fingerprint density at radius 2 is 1.96 bits per heavy atom. The van der Waals surface area contributed by atoms with Crippen LogP contribution in [0.2, 0.25) is 0 Å². The van der Waals surface area contributed by atoms with Gasteiger partial charge in [0.1, 0.15) is 5.75 Å². The van der Waals surface area contributed by atoms with Crippen LogP contribution >= 0.6 is 24.0 Å². The first-order valence-electron chi connectivity index (χ1n) is 9.87. The highest BCUT2D eigenvalue weighted by atomic mass is 127. The van der Waals surface area contributed by atoms with Gasteiger partial charge in [0.15, 0.2) is 5.96 Å². The Hall–Kier alpha value is -1.16. The van der Waals surface area contributed by atoms with Gasteiger partial charge in [0, 0.05) is 38.3 Å². The minimum Gasteiger partial charge on any atom is -0.508 e. The minimum atomic E-state index is -2.27. The van der Waals surface area contributed by atoms with Gasteiger partial charge in [-0.1, -0.05) is 6.07 Å². The van der Waals surface area contributed by atoms with Gasteiger partial charge >= 0.3 is 0 Å². The Morgan fingerprint density at radius 3 is 2.64 bits per heavy atom. The van der Waals surface area contributed by atoms with Crippen LogP contribution in [0.25, 0.3) is 0 Å². The van der Waals surface area contributed by atoms with Gasteiger partial charge in [0.25, 0.3) is 6.43 Å². The van der Waals surface area contributed by atoms with Crippen molar-refractivity contribution in [3.63, 3.8) is 0 Å². The van der Waals surface area contributed by atoms with Crippen LogP contribution in [0.1, 0.15) is 42.4 Å². The lowest BCUT2D eigenvalue weighted by atomic mass is 9.88. The number of phenolic OH excluding ortho intramolecular Hbond substituents is 1. The van der Waals surface area contributed by atoms with Gasteiger partial charge < -0.3 is 15.7 Å². The molecule has 2 aliphatic rings. The molecule has 158 valence electrons. The van der Waals surface area contributed by atoms with Crippen molar-refractivity contribution in [3.05, 3.63) is 28.8 Å². The maximum Gasteiger partial charge on any atom is 0.251 e. The van der Waals surface area contributed by atoms with Crippen molar-refractivity contribution < 1.29 is 13.9 Å². The number of fused-ring (bicyclic) bond motifs is 1. The van der Waals surface area contributed by atoms with Crippen molar-refractivity contribution >= 4 is 29.9 Å². The van der Waals surface area contributed by atoms with E-state index in [9.17, 15) is 13.9 Å². The Labute approximate surface area is 183 Å². The summed E-state index contributed by atoms with van der Waals surface area (Å²) in [4.78, 5) is 6.10. The van der Waals surface area contributed by atoms with Crippen LogP contribution in [0.5, 0.6) is 5.75 Å².